The number of likely N-dealkylation sites (tertiary alicyclic amines) is 1. The number of aliphatic carboxylic acids is 1. The topological polar surface area (TPSA) is 72.9 Å². The van der Waals surface area contributed by atoms with Crippen molar-refractivity contribution in [3.8, 4) is 0 Å². The summed E-state index contributed by atoms with van der Waals surface area (Å²) < 4.78 is 0. The Hall–Kier alpha value is -1.30. The highest BCUT2D eigenvalue weighted by Crippen LogP contribution is 2.13. The summed E-state index contributed by atoms with van der Waals surface area (Å²) >= 11 is 0. The van der Waals surface area contributed by atoms with Crippen molar-refractivity contribution >= 4 is 12.0 Å². The predicted molar refractivity (Wildman–Crippen MR) is 77.8 cm³/mol. The van der Waals surface area contributed by atoms with Crippen LogP contribution in [0.2, 0.25) is 0 Å². The third-order valence-corrected chi connectivity index (χ3v) is 3.87. The van der Waals surface area contributed by atoms with Gasteiger partial charge < -0.3 is 20.2 Å². The van der Waals surface area contributed by atoms with Crippen LogP contribution in [0.3, 0.4) is 0 Å². The van der Waals surface area contributed by atoms with Crippen molar-refractivity contribution in [2.45, 2.75) is 51.1 Å². The second-order valence-electron chi connectivity index (χ2n) is 5.81. The fraction of sp³-hybridized carbons (Fsp3) is 0.857. The molecule has 0 bridgehead atoms. The molecule has 2 amide bonds. The molecule has 2 unspecified atom stereocenters. The third-order valence-electron chi connectivity index (χ3n) is 3.87. The molecule has 2 atom stereocenters. The maximum absolute atomic E-state index is 12.1. The normalized spacial score (nSPS) is 21.2. The van der Waals surface area contributed by atoms with Crippen LogP contribution in [0, 0.1) is 0 Å². The van der Waals surface area contributed by atoms with E-state index in [1.807, 2.05) is 14.0 Å². The maximum Gasteiger partial charge on any atom is 0.317 e. The molecule has 0 spiro atoms. The summed E-state index contributed by atoms with van der Waals surface area (Å²) in [5.74, 6) is -0.786. The first-order valence-corrected chi connectivity index (χ1v) is 7.33. The number of nitrogens with one attached hydrogen (secondary N) is 1. The van der Waals surface area contributed by atoms with Crippen molar-refractivity contribution in [2.75, 3.05) is 27.2 Å². The van der Waals surface area contributed by atoms with E-state index in [1.54, 1.807) is 4.90 Å². The first-order chi connectivity index (χ1) is 9.40. The monoisotopic (exact) mass is 285 g/mol. The Bertz CT molecular complexity index is 336. The number of carboxylic acids is 1. The highest BCUT2D eigenvalue weighted by atomic mass is 16.4. The Kier molecular flexibility index (Phi) is 6.78. The van der Waals surface area contributed by atoms with Crippen LogP contribution in [0.15, 0.2) is 0 Å². The van der Waals surface area contributed by atoms with Crippen LogP contribution >= 0.6 is 0 Å². The zero-order valence-electron chi connectivity index (χ0n) is 12.8. The second kappa shape index (κ2) is 8.09. The number of hydrogen-bond donors (Lipinski definition) is 2. The van der Waals surface area contributed by atoms with Crippen LogP contribution in [0.1, 0.15) is 39.0 Å². The van der Waals surface area contributed by atoms with Crippen molar-refractivity contribution in [2.24, 2.45) is 0 Å². The molecule has 6 heteroatoms. The van der Waals surface area contributed by atoms with Gasteiger partial charge in [0.25, 0.3) is 0 Å². The molecular weight excluding hydrogens is 258 g/mol. The fourth-order valence-electron chi connectivity index (χ4n) is 2.57. The van der Waals surface area contributed by atoms with Crippen LogP contribution in [-0.4, -0.2) is 66.2 Å². The molecular formula is C14H27N3O3. The molecule has 1 rings (SSSR count). The first kappa shape index (κ1) is 16.8. The molecule has 1 heterocycles. The zero-order valence-corrected chi connectivity index (χ0v) is 12.8. The van der Waals surface area contributed by atoms with Gasteiger partial charge in [0.2, 0.25) is 0 Å². The standard InChI is InChI=1S/C14H27N3O3/c1-11(6-4-8-13(18)19)15-14(20)17(3)12-7-5-9-16(2)10-12/h11-12H,4-10H2,1-3H3,(H,15,20)(H,18,19). The number of amides is 2. The van der Waals surface area contributed by atoms with Crippen molar-refractivity contribution in [1.29, 1.82) is 0 Å². The molecule has 0 aromatic carbocycles. The van der Waals surface area contributed by atoms with E-state index < -0.39 is 5.97 Å². The predicted octanol–water partition coefficient (Wildman–Crippen LogP) is 1.37. The van der Waals surface area contributed by atoms with Crippen molar-refractivity contribution < 1.29 is 14.7 Å². The van der Waals surface area contributed by atoms with Gasteiger partial charge in [-0.3, -0.25) is 4.79 Å². The Labute approximate surface area is 121 Å². The van der Waals surface area contributed by atoms with Gasteiger partial charge in [-0.2, -0.15) is 0 Å². The van der Waals surface area contributed by atoms with E-state index in [-0.39, 0.29) is 24.5 Å². The fourth-order valence-corrected chi connectivity index (χ4v) is 2.57. The number of carbonyl (C=O) groups excluding carboxylic acids is 1. The van der Waals surface area contributed by atoms with E-state index in [0.29, 0.717) is 12.8 Å². The molecule has 0 saturated carbocycles. The summed E-state index contributed by atoms with van der Waals surface area (Å²) in [6, 6.07) is 0.207. The molecule has 0 aromatic heterocycles. The molecule has 1 saturated heterocycles. The van der Waals surface area contributed by atoms with Gasteiger partial charge in [-0.15, -0.1) is 0 Å². The Morgan fingerprint density at radius 3 is 2.80 bits per heavy atom. The average molecular weight is 285 g/mol. The molecule has 0 aromatic rings. The summed E-state index contributed by atoms with van der Waals surface area (Å²) in [7, 11) is 3.91. The summed E-state index contributed by atoms with van der Waals surface area (Å²) in [5, 5.41) is 11.5. The SMILES string of the molecule is CC(CCCC(=O)O)NC(=O)N(C)C1CCCN(C)C1. The molecule has 6 nitrogen and oxygen atoms in total. The quantitative estimate of drug-likeness (QED) is 0.773. The van der Waals surface area contributed by atoms with Gasteiger partial charge in [-0.05, 0) is 46.2 Å². The highest BCUT2D eigenvalue weighted by molar-refractivity contribution is 5.74. The number of urea groups is 1. The lowest BCUT2D eigenvalue weighted by atomic mass is 10.1. The Morgan fingerprint density at radius 1 is 1.50 bits per heavy atom. The summed E-state index contributed by atoms with van der Waals surface area (Å²) in [5.41, 5.74) is 0. The number of likely N-dealkylation sites (N-methyl/N-ethyl adjacent to an activating group) is 2. The van der Waals surface area contributed by atoms with E-state index in [1.165, 1.54) is 0 Å². The summed E-state index contributed by atoms with van der Waals surface area (Å²) in [4.78, 5) is 26.6. The van der Waals surface area contributed by atoms with Crippen molar-refractivity contribution in [3.05, 3.63) is 0 Å². The van der Waals surface area contributed by atoms with Crippen LogP contribution in [0.4, 0.5) is 4.79 Å². The Balaban J connectivity index is 2.31. The van der Waals surface area contributed by atoms with Gasteiger partial charge in [0.1, 0.15) is 0 Å². The van der Waals surface area contributed by atoms with Gasteiger partial charge in [0, 0.05) is 32.1 Å². The molecule has 1 aliphatic rings. The second-order valence-corrected chi connectivity index (χ2v) is 5.81. The average Bonchev–Trinajstić information content (AvgIpc) is 2.37. The third kappa shape index (κ3) is 5.77. The van der Waals surface area contributed by atoms with Crippen LogP contribution in [-0.2, 0) is 4.79 Å². The van der Waals surface area contributed by atoms with Crippen LogP contribution < -0.4 is 5.32 Å². The lowest BCUT2D eigenvalue weighted by molar-refractivity contribution is -0.137. The zero-order chi connectivity index (χ0) is 15.1. The molecule has 1 aliphatic heterocycles. The summed E-state index contributed by atoms with van der Waals surface area (Å²) in [6.45, 7) is 3.93. The van der Waals surface area contributed by atoms with Gasteiger partial charge in [0.05, 0.1) is 0 Å². The first-order valence-electron chi connectivity index (χ1n) is 7.33. The van der Waals surface area contributed by atoms with Crippen LogP contribution in [0.5, 0.6) is 0 Å². The Morgan fingerprint density at radius 2 is 2.20 bits per heavy atom. The molecule has 0 radical (unpaired) electrons. The lowest BCUT2D eigenvalue weighted by Crippen LogP contribution is -2.51. The van der Waals surface area contributed by atoms with E-state index in [4.69, 9.17) is 5.11 Å². The minimum Gasteiger partial charge on any atom is -0.481 e. The maximum atomic E-state index is 12.1. The van der Waals surface area contributed by atoms with Gasteiger partial charge in [0.15, 0.2) is 0 Å². The number of carbonyl (C=O) groups is 2. The number of rotatable bonds is 6. The number of hydrogen-bond acceptors (Lipinski definition) is 3. The smallest absolute Gasteiger partial charge is 0.317 e. The van der Waals surface area contributed by atoms with Gasteiger partial charge in [-0.1, -0.05) is 0 Å². The minimum absolute atomic E-state index is 0.00520. The number of nitrogens with zero attached hydrogens (tertiary/aromatic N) is 2. The van der Waals surface area contributed by atoms with E-state index in [9.17, 15) is 9.59 Å². The van der Waals surface area contributed by atoms with Crippen molar-refractivity contribution in [1.82, 2.24) is 15.1 Å². The highest BCUT2D eigenvalue weighted by Gasteiger charge is 2.24. The van der Waals surface area contributed by atoms with Crippen LogP contribution in [0.25, 0.3) is 0 Å². The number of carboxylic acid groups (broad SMARTS) is 1. The van der Waals surface area contributed by atoms with E-state index in [2.05, 4.69) is 17.3 Å². The molecule has 116 valence electrons. The molecule has 2 N–H and O–H groups in total. The van der Waals surface area contributed by atoms with Crippen molar-refractivity contribution in [3.63, 3.8) is 0 Å². The minimum atomic E-state index is -0.786. The van der Waals surface area contributed by atoms with Gasteiger partial charge >= 0.3 is 12.0 Å². The van der Waals surface area contributed by atoms with Gasteiger partial charge in [-0.25, -0.2) is 4.79 Å². The lowest BCUT2D eigenvalue weighted by Gasteiger charge is -2.36. The molecule has 1 fully saturated rings. The molecule has 20 heavy (non-hydrogen) atoms. The van der Waals surface area contributed by atoms with E-state index in [0.717, 1.165) is 25.9 Å². The molecule has 0 aliphatic carbocycles. The number of piperidine rings is 1. The summed E-state index contributed by atoms with van der Waals surface area (Å²) in [6.07, 6.45) is 3.60. The van der Waals surface area contributed by atoms with E-state index >= 15 is 0 Å². The largest absolute Gasteiger partial charge is 0.481 e.